The van der Waals surface area contributed by atoms with E-state index in [9.17, 15) is 5.11 Å². The highest BCUT2D eigenvalue weighted by Gasteiger charge is 2.19. The molecule has 0 amide bonds. The number of hydrogen-bond acceptors (Lipinski definition) is 3. The summed E-state index contributed by atoms with van der Waals surface area (Å²) >= 11 is 0. The monoisotopic (exact) mass is 195 g/mol. The van der Waals surface area contributed by atoms with Gasteiger partial charge in [-0.15, -0.1) is 0 Å². The molecule has 0 aromatic rings. The smallest absolute Gasteiger partial charge is 0.463 e. The minimum absolute atomic E-state index is 0.115. The van der Waals surface area contributed by atoms with E-state index in [1.54, 1.807) is 13.0 Å². The van der Waals surface area contributed by atoms with Crippen LogP contribution in [0, 0.1) is 5.39 Å². The molecule has 76 valence electrons. The summed E-state index contributed by atoms with van der Waals surface area (Å²) < 4.78 is 4.84. The largest absolute Gasteiger partial charge is 0.475 e. The van der Waals surface area contributed by atoms with Gasteiger partial charge in [0.15, 0.2) is 4.98 Å². The molecular weight excluding hydrogens is 180 g/mol. The minimum Gasteiger partial charge on any atom is -0.475 e. The van der Waals surface area contributed by atoms with Gasteiger partial charge in [0.05, 0.1) is 6.61 Å². The highest BCUT2D eigenvalue weighted by atomic mass is 16.6. The van der Waals surface area contributed by atoms with Gasteiger partial charge in [-0.25, -0.2) is 0 Å². The number of aliphatic hydroxyl groups is 1. The lowest BCUT2D eigenvalue weighted by molar-refractivity contribution is 0.0999. The molecule has 0 saturated heterocycles. The van der Waals surface area contributed by atoms with Crippen LogP contribution in [0.4, 0.5) is 0 Å². The number of allylic oxidation sites excluding steroid dienone is 2. The number of hydrogen-bond donors (Lipinski definition) is 1. The Morgan fingerprint density at radius 1 is 1.57 bits per heavy atom. The summed E-state index contributed by atoms with van der Waals surface area (Å²) in [6.45, 7) is 2.11. The van der Waals surface area contributed by atoms with E-state index in [4.69, 9.17) is 10.1 Å². The fraction of sp³-hybridized carbons (Fsp3) is 0.600. The first kappa shape index (κ1) is 10.6. The van der Waals surface area contributed by atoms with Crippen LogP contribution in [0.1, 0.15) is 32.6 Å². The Kier molecular flexibility index (Phi) is 3.99. The van der Waals surface area contributed by atoms with Crippen LogP contribution in [0.25, 0.3) is 4.98 Å². The van der Waals surface area contributed by atoms with Gasteiger partial charge in [-0.1, -0.05) is 5.57 Å². The molecule has 0 radical (unpaired) electrons. The fourth-order valence-corrected chi connectivity index (χ4v) is 1.51. The number of rotatable bonds is 3. The average Bonchev–Trinajstić information content (AvgIpc) is 2.66. The van der Waals surface area contributed by atoms with Crippen molar-refractivity contribution in [2.75, 3.05) is 6.61 Å². The van der Waals surface area contributed by atoms with E-state index in [2.05, 4.69) is 4.98 Å². The third kappa shape index (κ3) is 2.77. The van der Waals surface area contributed by atoms with Crippen molar-refractivity contribution in [2.24, 2.45) is 0 Å². The summed E-state index contributed by atoms with van der Waals surface area (Å²) in [6, 6.07) is 0. The molecule has 0 aliphatic heterocycles. The van der Waals surface area contributed by atoms with Crippen molar-refractivity contribution < 1.29 is 9.84 Å². The molecule has 0 heterocycles. The maximum absolute atomic E-state index is 9.33. The van der Waals surface area contributed by atoms with Gasteiger partial charge < -0.3 is 9.84 Å². The average molecular weight is 195 g/mol. The standard InChI is InChI=1S/C10H14N2O2/c1-2-14-10(13)9(12-11)7-8-5-3-4-6-8/h7H,2-6H2,1H3/p+1/b10-9+. The molecule has 0 bridgehead atoms. The highest BCUT2D eigenvalue weighted by Crippen LogP contribution is 2.25. The molecule has 1 rings (SSSR count). The molecule has 0 unspecified atom stereocenters. The molecule has 0 atom stereocenters. The molecule has 1 aliphatic rings. The van der Waals surface area contributed by atoms with Crippen LogP contribution in [-0.4, -0.2) is 11.7 Å². The van der Waals surface area contributed by atoms with Gasteiger partial charge in [-0.2, -0.15) is 0 Å². The van der Waals surface area contributed by atoms with Gasteiger partial charge in [0.2, 0.25) is 5.39 Å². The normalized spacial score (nSPS) is 17.3. The van der Waals surface area contributed by atoms with Crippen LogP contribution < -0.4 is 0 Å². The van der Waals surface area contributed by atoms with Gasteiger partial charge in [-0.3, -0.25) is 0 Å². The molecule has 1 fully saturated rings. The molecule has 4 heteroatoms. The van der Waals surface area contributed by atoms with Gasteiger partial charge >= 0.3 is 11.6 Å². The lowest BCUT2D eigenvalue weighted by Gasteiger charge is -1.95. The van der Waals surface area contributed by atoms with Crippen molar-refractivity contribution in [3.8, 4) is 0 Å². The number of aliphatic hydroxyl groups excluding tert-OH is 1. The Morgan fingerprint density at radius 3 is 2.71 bits per heavy atom. The molecular formula is C10H15N2O2+. The Bertz CT molecular complexity index is 292. The third-order valence-corrected chi connectivity index (χ3v) is 2.19. The van der Waals surface area contributed by atoms with Crippen LogP contribution in [0.3, 0.4) is 0 Å². The van der Waals surface area contributed by atoms with E-state index >= 15 is 0 Å². The van der Waals surface area contributed by atoms with E-state index in [1.807, 2.05) is 0 Å². The van der Waals surface area contributed by atoms with E-state index in [0.717, 1.165) is 12.8 Å². The molecule has 1 saturated carbocycles. The third-order valence-electron chi connectivity index (χ3n) is 2.19. The van der Waals surface area contributed by atoms with E-state index in [1.165, 1.54) is 18.4 Å². The van der Waals surface area contributed by atoms with Gasteiger partial charge in [0, 0.05) is 6.08 Å². The SMILES string of the molecule is CCO/C(O)=C(\C=C1CCCC1)[N+]#N. The summed E-state index contributed by atoms with van der Waals surface area (Å²) in [6.07, 6.45) is 6.05. The first-order chi connectivity index (χ1) is 6.77. The number of ether oxygens (including phenoxy) is 1. The molecule has 0 aromatic heterocycles. The van der Waals surface area contributed by atoms with Crippen LogP contribution in [0.15, 0.2) is 23.3 Å². The summed E-state index contributed by atoms with van der Waals surface area (Å²) in [5.74, 6) is -0.311. The topological polar surface area (TPSA) is 57.6 Å². The van der Waals surface area contributed by atoms with Crippen molar-refractivity contribution >= 4 is 0 Å². The van der Waals surface area contributed by atoms with Gasteiger partial charge in [0.1, 0.15) is 0 Å². The predicted molar refractivity (Wildman–Crippen MR) is 52.9 cm³/mol. The molecule has 1 N–H and O–H groups in total. The van der Waals surface area contributed by atoms with E-state index in [0.29, 0.717) is 6.61 Å². The van der Waals surface area contributed by atoms with Crippen molar-refractivity contribution in [1.82, 2.24) is 0 Å². The lowest BCUT2D eigenvalue weighted by Crippen LogP contribution is -1.93. The number of diazo groups is 1. The fourth-order valence-electron chi connectivity index (χ4n) is 1.51. The number of nitrogens with zero attached hydrogens (tertiary/aromatic N) is 2. The zero-order valence-electron chi connectivity index (χ0n) is 8.36. The minimum atomic E-state index is -0.311. The Balaban J connectivity index is 2.76. The van der Waals surface area contributed by atoms with Crippen LogP contribution in [-0.2, 0) is 4.74 Å². The maximum atomic E-state index is 9.33. The molecule has 0 aromatic carbocycles. The van der Waals surface area contributed by atoms with Crippen molar-refractivity contribution in [3.05, 3.63) is 28.3 Å². The van der Waals surface area contributed by atoms with E-state index < -0.39 is 0 Å². The summed E-state index contributed by atoms with van der Waals surface area (Å²) in [7, 11) is 0. The lowest BCUT2D eigenvalue weighted by atomic mass is 10.2. The van der Waals surface area contributed by atoms with Crippen molar-refractivity contribution in [1.29, 1.82) is 5.39 Å². The molecule has 14 heavy (non-hydrogen) atoms. The molecule has 4 nitrogen and oxygen atoms in total. The second-order valence-corrected chi connectivity index (χ2v) is 3.23. The highest BCUT2D eigenvalue weighted by molar-refractivity contribution is 5.29. The first-order valence-electron chi connectivity index (χ1n) is 4.88. The van der Waals surface area contributed by atoms with Gasteiger partial charge in [0.25, 0.3) is 0 Å². The Hall–Kier alpha value is -1.50. The second-order valence-electron chi connectivity index (χ2n) is 3.23. The summed E-state index contributed by atoms with van der Waals surface area (Å²) in [5.41, 5.74) is 1.31. The van der Waals surface area contributed by atoms with Crippen molar-refractivity contribution in [2.45, 2.75) is 32.6 Å². The molecule has 1 aliphatic carbocycles. The Morgan fingerprint density at radius 2 is 2.21 bits per heavy atom. The predicted octanol–water partition coefficient (Wildman–Crippen LogP) is 3.10. The van der Waals surface area contributed by atoms with Crippen LogP contribution in [0.2, 0.25) is 0 Å². The summed E-state index contributed by atoms with van der Waals surface area (Å²) in [5, 5.41) is 18.0. The zero-order valence-corrected chi connectivity index (χ0v) is 8.36. The maximum Gasteiger partial charge on any atom is 0.463 e. The van der Waals surface area contributed by atoms with Crippen LogP contribution >= 0.6 is 0 Å². The van der Waals surface area contributed by atoms with Crippen molar-refractivity contribution in [3.63, 3.8) is 0 Å². The van der Waals surface area contributed by atoms with E-state index in [-0.39, 0.29) is 11.6 Å². The quantitative estimate of drug-likeness (QED) is 0.556. The van der Waals surface area contributed by atoms with Gasteiger partial charge in [-0.05, 0) is 32.6 Å². The Labute approximate surface area is 83.5 Å². The first-order valence-corrected chi connectivity index (χ1v) is 4.88. The zero-order chi connectivity index (χ0) is 10.4. The van der Waals surface area contributed by atoms with Crippen LogP contribution in [0.5, 0.6) is 0 Å². The molecule has 0 spiro atoms. The second kappa shape index (κ2) is 5.28. The summed E-state index contributed by atoms with van der Waals surface area (Å²) in [4.78, 5) is 3.00.